The van der Waals surface area contributed by atoms with Gasteiger partial charge in [-0.1, -0.05) is 47.5 Å². The normalized spacial score (nSPS) is 10.7. The van der Waals surface area contributed by atoms with Gasteiger partial charge >= 0.3 is 0 Å². The molecule has 0 bridgehead atoms. The van der Waals surface area contributed by atoms with Crippen LogP contribution in [-0.4, -0.2) is 20.4 Å². The van der Waals surface area contributed by atoms with Crippen LogP contribution in [0.15, 0.2) is 48.5 Å². The second kappa shape index (κ2) is 7.49. The van der Waals surface area contributed by atoms with Crippen LogP contribution in [0.25, 0.3) is 22.0 Å². The van der Waals surface area contributed by atoms with Gasteiger partial charge in [0, 0.05) is 26.9 Å². The van der Waals surface area contributed by atoms with E-state index in [0.717, 1.165) is 21.0 Å². The number of nitrogens with zero attached hydrogens (tertiary/aromatic N) is 4. The maximum Gasteiger partial charge on any atom is 0.192 e. The van der Waals surface area contributed by atoms with Gasteiger partial charge in [-0.25, -0.2) is 4.98 Å². The second-order valence-corrected chi connectivity index (χ2v) is 7.69. The maximum absolute atomic E-state index is 9.31. The first-order chi connectivity index (χ1) is 13.1. The second-order valence-electron chi connectivity index (χ2n) is 5.73. The molecule has 0 saturated carbocycles. The van der Waals surface area contributed by atoms with E-state index < -0.39 is 0 Å². The van der Waals surface area contributed by atoms with E-state index in [1.165, 1.54) is 0 Å². The Bertz CT molecular complexity index is 1120. The molecule has 0 saturated heterocycles. The highest BCUT2D eigenvalue weighted by Crippen LogP contribution is 2.35. The predicted octanol–water partition coefficient (Wildman–Crippen LogP) is 5.36. The lowest BCUT2D eigenvalue weighted by Gasteiger charge is -2.01. The van der Waals surface area contributed by atoms with Gasteiger partial charge in [0.1, 0.15) is 16.8 Å². The van der Waals surface area contributed by atoms with E-state index >= 15 is 0 Å². The maximum atomic E-state index is 9.31. The van der Waals surface area contributed by atoms with Crippen molar-refractivity contribution in [1.29, 1.82) is 5.26 Å². The van der Waals surface area contributed by atoms with Gasteiger partial charge in [-0.3, -0.25) is 0 Å². The highest BCUT2D eigenvalue weighted by Gasteiger charge is 2.20. The Labute approximate surface area is 169 Å². The van der Waals surface area contributed by atoms with E-state index in [4.69, 9.17) is 28.2 Å². The van der Waals surface area contributed by atoms with Gasteiger partial charge in [0.15, 0.2) is 11.4 Å². The van der Waals surface area contributed by atoms with Crippen molar-refractivity contribution >= 4 is 34.5 Å². The summed E-state index contributed by atoms with van der Waals surface area (Å²) in [6.45, 7) is 0. The highest BCUT2D eigenvalue weighted by atomic mass is 35.5. The van der Waals surface area contributed by atoms with Gasteiger partial charge in [0.2, 0.25) is 0 Å². The molecule has 0 unspecified atom stereocenters. The third-order valence-corrected chi connectivity index (χ3v) is 5.55. The zero-order chi connectivity index (χ0) is 18.8. The Hall–Kier alpha value is -2.72. The third kappa shape index (κ3) is 3.71. The molecule has 2 heterocycles. The molecule has 8 heteroatoms. The summed E-state index contributed by atoms with van der Waals surface area (Å²) in [6, 6.07) is 17.2. The minimum atomic E-state index is 0.223. The monoisotopic (exact) mass is 411 g/mol. The molecule has 0 aliphatic rings. The van der Waals surface area contributed by atoms with Gasteiger partial charge in [-0.15, -0.1) is 16.4 Å². The Morgan fingerprint density at radius 2 is 1.59 bits per heavy atom. The molecule has 132 valence electrons. The van der Waals surface area contributed by atoms with Crippen LogP contribution >= 0.6 is 34.5 Å². The average molecular weight is 412 g/mol. The van der Waals surface area contributed by atoms with Crippen molar-refractivity contribution in [3.05, 3.63) is 74.7 Å². The zero-order valence-corrected chi connectivity index (χ0v) is 16.1. The summed E-state index contributed by atoms with van der Waals surface area (Å²) < 4.78 is 0. The Kier molecular flexibility index (Phi) is 4.90. The summed E-state index contributed by atoms with van der Waals surface area (Å²) in [7, 11) is 0. The molecule has 1 N–H and O–H groups in total. The fraction of sp³-hybridized carbons (Fsp3) is 0.0526. The van der Waals surface area contributed by atoms with Crippen molar-refractivity contribution < 1.29 is 0 Å². The van der Waals surface area contributed by atoms with E-state index in [1.54, 1.807) is 11.3 Å². The van der Waals surface area contributed by atoms with Crippen molar-refractivity contribution in [2.75, 3.05) is 0 Å². The Balaban J connectivity index is 1.81. The van der Waals surface area contributed by atoms with Crippen LogP contribution in [0.3, 0.4) is 0 Å². The lowest BCUT2D eigenvalue weighted by Crippen LogP contribution is -1.91. The van der Waals surface area contributed by atoms with Crippen LogP contribution in [0, 0.1) is 11.3 Å². The number of nitriles is 1. The number of aromatic nitrogens is 4. The summed E-state index contributed by atoms with van der Waals surface area (Å²) in [4.78, 5) is 5.74. The number of aromatic amines is 1. The third-order valence-electron chi connectivity index (χ3n) is 3.94. The first-order valence-corrected chi connectivity index (χ1v) is 9.52. The molecule has 0 aliphatic carbocycles. The van der Waals surface area contributed by atoms with Crippen LogP contribution in [-0.2, 0) is 6.42 Å². The number of benzene rings is 2. The van der Waals surface area contributed by atoms with Crippen LogP contribution in [0.5, 0.6) is 0 Å². The predicted molar refractivity (Wildman–Crippen MR) is 107 cm³/mol. The van der Waals surface area contributed by atoms with Crippen molar-refractivity contribution in [1.82, 2.24) is 20.4 Å². The summed E-state index contributed by atoms with van der Waals surface area (Å²) in [6.07, 6.45) is 0.648. The van der Waals surface area contributed by atoms with E-state index in [-0.39, 0.29) is 5.69 Å². The first-order valence-electron chi connectivity index (χ1n) is 7.95. The van der Waals surface area contributed by atoms with E-state index in [2.05, 4.69) is 21.5 Å². The molecule has 0 fully saturated rings. The lowest BCUT2D eigenvalue weighted by atomic mass is 10.1. The molecule has 27 heavy (non-hydrogen) atoms. The van der Waals surface area contributed by atoms with Gasteiger partial charge in [0.05, 0.1) is 0 Å². The smallest absolute Gasteiger partial charge is 0.192 e. The van der Waals surface area contributed by atoms with Crippen LogP contribution < -0.4 is 0 Å². The van der Waals surface area contributed by atoms with Crippen molar-refractivity contribution in [3.8, 4) is 28.0 Å². The van der Waals surface area contributed by atoms with Gasteiger partial charge in [-0.05, 0) is 29.8 Å². The molecule has 0 radical (unpaired) electrons. The van der Waals surface area contributed by atoms with E-state index in [0.29, 0.717) is 27.9 Å². The van der Waals surface area contributed by atoms with Gasteiger partial charge in [-0.2, -0.15) is 15.6 Å². The summed E-state index contributed by atoms with van der Waals surface area (Å²) in [5.41, 5.74) is 3.38. The SMILES string of the molecule is N#Cc1n[nH]nc1-c1nc(-c2ccc(Cl)cc2)sc1Cc1ccc(Cl)cc1. The Morgan fingerprint density at radius 3 is 2.26 bits per heavy atom. The fourth-order valence-electron chi connectivity index (χ4n) is 2.63. The number of halogens is 2. The molecule has 0 atom stereocenters. The number of H-pyrrole nitrogens is 1. The van der Waals surface area contributed by atoms with Crippen LogP contribution in [0.1, 0.15) is 16.1 Å². The molecule has 0 aliphatic heterocycles. The number of hydrogen-bond acceptors (Lipinski definition) is 5. The van der Waals surface area contributed by atoms with E-state index in [1.807, 2.05) is 48.5 Å². The molecule has 4 rings (SSSR count). The average Bonchev–Trinajstić information content (AvgIpc) is 3.30. The molecule has 2 aromatic carbocycles. The lowest BCUT2D eigenvalue weighted by molar-refractivity contribution is 0.936. The van der Waals surface area contributed by atoms with Crippen molar-refractivity contribution in [2.45, 2.75) is 6.42 Å². The molecule has 5 nitrogen and oxygen atoms in total. The Morgan fingerprint density at radius 1 is 0.926 bits per heavy atom. The number of nitrogens with one attached hydrogen (secondary N) is 1. The van der Waals surface area contributed by atoms with Gasteiger partial charge < -0.3 is 0 Å². The molecule has 0 amide bonds. The zero-order valence-electron chi connectivity index (χ0n) is 13.8. The minimum absolute atomic E-state index is 0.223. The topological polar surface area (TPSA) is 78.2 Å². The molecule has 0 spiro atoms. The largest absolute Gasteiger partial charge is 0.234 e. The number of thiazole rings is 1. The summed E-state index contributed by atoms with van der Waals surface area (Å²) in [5, 5.41) is 22.0. The minimum Gasteiger partial charge on any atom is -0.234 e. The van der Waals surface area contributed by atoms with Crippen LogP contribution in [0.4, 0.5) is 0 Å². The van der Waals surface area contributed by atoms with Gasteiger partial charge in [0.25, 0.3) is 0 Å². The van der Waals surface area contributed by atoms with Crippen molar-refractivity contribution in [2.24, 2.45) is 0 Å². The first kappa shape index (κ1) is 17.7. The summed E-state index contributed by atoms with van der Waals surface area (Å²) >= 11 is 13.5. The highest BCUT2D eigenvalue weighted by molar-refractivity contribution is 7.15. The summed E-state index contributed by atoms with van der Waals surface area (Å²) in [5.74, 6) is 0. The quantitative estimate of drug-likeness (QED) is 0.489. The molecular weight excluding hydrogens is 401 g/mol. The standard InChI is InChI=1S/C19H11Cl2N5S/c20-13-5-1-11(2-6-13)9-16-18(17-15(10-22)24-26-25-17)23-19(27-16)12-3-7-14(21)8-4-12/h1-8H,9H2,(H,24,25,26). The van der Waals surface area contributed by atoms with Crippen LogP contribution in [0.2, 0.25) is 10.0 Å². The number of rotatable bonds is 4. The number of hydrogen-bond donors (Lipinski definition) is 1. The van der Waals surface area contributed by atoms with Crippen molar-refractivity contribution in [3.63, 3.8) is 0 Å². The molecule has 4 aromatic rings. The van der Waals surface area contributed by atoms with E-state index in [9.17, 15) is 5.26 Å². The molecular formula is C19H11Cl2N5S. The fourth-order valence-corrected chi connectivity index (χ4v) is 3.99. The molecule has 2 aromatic heterocycles.